The second kappa shape index (κ2) is 10.8. The maximum absolute atomic E-state index is 13.1. The van der Waals surface area contributed by atoms with E-state index < -0.39 is 17.7 Å². The van der Waals surface area contributed by atoms with Crippen LogP contribution in [-0.2, 0) is 17.6 Å². The van der Waals surface area contributed by atoms with Gasteiger partial charge in [0.05, 0.1) is 0 Å². The van der Waals surface area contributed by atoms with Crippen LogP contribution in [-0.4, -0.2) is 46.9 Å². The van der Waals surface area contributed by atoms with E-state index >= 15 is 0 Å². The molecule has 0 unspecified atom stereocenters. The Morgan fingerprint density at radius 1 is 1.32 bits per heavy atom. The summed E-state index contributed by atoms with van der Waals surface area (Å²) in [5.41, 5.74) is 2.89. The van der Waals surface area contributed by atoms with Gasteiger partial charge in [0.25, 0.3) is 0 Å². The Morgan fingerprint density at radius 2 is 2.06 bits per heavy atom. The third-order valence-corrected chi connectivity index (χ3v) is 5.33. The molecule has 1 aliphatic heterocycles. The van der Waals surface area contributed by atoms with E-state index in [1.807, 2.05) is 30.3 Å². The Morgan fingerprint density at radius 3 is 2.74 bits per heavy atom. The Kier molecular flexibility index (Phi) is 7.82. The molecule has 1 aromatic heterocycles. The molecule has 176 valence electrons. The van der Waals surface area contributed by atoms with Crippen LogP contribution in [0.3, 0.4) is 0 Å². The van der Waals surface area contributed by atoms with E-state index in [1.54, 1.807) is 33.3 Å². The number of fused-ring (bicyclic) bond motifs is 1. The standard InChI is InChI=1S/C26H29N5O3/c1-26(2,34)11-8-18-4-5-21-6-7-22(24(32)31(3)23(21)15-18)30-25(33)29-17-20(16-27)14-19-9-12-28-13-10-19/h4-5,9-10,12-13,15-17,22,27,34H,6-7,14H2,1-3H3,(H2,29,30,33)/b20-17-,27-16?/t22-/m1/s1. The summed E-state index contributed by atoms with van der Waals surface area (Å²) in [5, 5.41) is 22.8. The lowest BCUT2D eigenvalue weighted by Gasteiger charge is -2.22. The number of urea groups is 1. The van der Waals surface area contributed by atoms with E-state index in [1.165, 1.54) is 17.3 Å². The highest BCUT2D eigenvalue weighted by atomic mass is 16.3. The molecule has 1 atom stereocenters. The minimum atomic E-state index is -1.11. The zero-order valence-electron chi connectivity index (χ0n) is 19.6. The number of hydrogen-bond acceptors (Lipinski definition) is 5. The van der Waals surface area contributed by atoms with E-state index in [2.05, 4.69) is 27.5 Å². The molecular weight excluding hydrogens is 430 g/mol. The summed E-state index contributed by atoms with van der Waals surface area (Å²) in [6, 6.07) is 8.10. The van der Waals surface area contributed by atoms with Crippen molar-refractivity contribution in [3.8, 4) is 11.8 Å². The van der Waals surface area contributed by atoms with Crippen LogP contribution in [0.4, 0.5) is 10.5 Å². The third kappa shape index (κ3) is 6.77. The SMILES string of the molecule is CN1C(=O)[C@H](NC(=O)N/C=C(\C=N)Cc2ccncc2)CCc2ccc(C#CC(C)(C)O)cc21. The van der Waals surface area contributed by atoms with Crippen molar-refractivity contribution in [2.75, 3.05) is 11.9 Å². The number of rotatable bonds is 5. The van der Waals surface area contributed by atoms with Crippen molar-refractivity contribution in [2.45, 2.75) is 44.8 Å². The molecule has 1 aromatic carbocycles. The molecule has 0 saturated carbocycles. The van der Waals surface area contributed by atoms with Crippen LogP contribution >= 0.6 is 0 Å². The normalized spacial score (nSPS) is 16.0. The van der Waals surface area contributed by atoms with E-state index in [9.17, 15) is 14.7 Å². The first-order valence-electron chi connectivity index (χ1n) is 11.0. The van der Waals surface area contributed by atoms with Crippen LogP contribution in [0.2, 0.25) is 0 Å². The maximum Gasteiger partial charge on any atom is 0.319 e. The molecule has 0 saturated heterocycles. The quantitative estimate of drug-likeness (QED) is 0.406. The molecule has 8 heteroatoms. The number of carbonyl (C=O) groups is 2. The summed E-state index contributed by atoms with van der Waals surface area (Å²) in [5.74, 6) is 5.49. The lowest BCUT2D eigenvalue weighted by Crippen LogP contribution is -2.49. The van der Waals surface area contributed by atoms with E-state index in [0.717, 1.165) is 16.8 Å². The summed E-state index contributed by atoms with van der Waals surface area (Å²) in [6.45, 7) is 3.22. The number of hydrogen-bond donors (Lipinski definition) is 4. The molecule has 8 nitrogen and oxygen atoms in total. The van der Waals surface area contributed by atoms with Crippen LogP contribution in [0.15, 0.2) is 54.5 Å². The number of aromatic nitrogens is 1. The fourth-order valence-corrected chi connectivity index (χ4v) is 3.54. The van der Waals surface area contributed by atoms with Gasteiger partial charge in [-0.2, -0.15) is 0 Å². The van der Waals surface area contributed by atoms with Gasteiger partial charge in [0.15, 0.2) is 0 Å². The number of nitrogens with one attached hydrogen (secondary N) is 3. The third-order valence-electron chi connectivity index (χ3n) is 5.33. The number of carbonyl (C=O) groups excluding carboxylic acids is 2. The average molecular weight is 460 g/mol. The molecule has 2 aromatic rings. The lowest BCUT2D eigenvalue weighted by atomic mass is 10.0. The van der Waals surface area contributed by atoms with Gasteiger partial charge in [0.2, 0.25) is 5.91 Å². The van der Waals surface area contributed by atoms with Gasteiger partial charge >= 0.3 is 6.03 Å². The summed E-state index contributed by atoms with van der Waals surface area (Å²) in [7, 11) is 1.67. The van der Waals surface area contributed by atoms with Gasteiger partial charge in [-0.3, -0.25) is 9.78 Å². The zero-order valence-corrected chi connectivity index (χ0v) is 19.6. The lowest BCUT2D eigenvalue weighted by molar-refractivity contribution is -0.120. The van der Waals surface area contributed by atoms with E-state index in [4.69, 9.17) is 5.41 Å². The number of pyridine rings is 1. The smallest absolute Gasteiger partial charge is 0.319 e. The fraction of sp³-hybridized carbons (Fsp3) is 0.308. The Balaban J connectivity index is 1.66. The molecule has 3 rings (SSSR count). The van der Waals surface area contributed by atoms with Crippen molar-refractivity contribution < 1.29 is 14.7 Å². The van der Waals surface area contributed by atoms with Crippen LogP contribution < -0.4 is 15.5 Å². The second-order valence-corrected chi connectivity index (χ2v) is 8.65. The molecule has 0 fully saturated rings. The number of aliphatic hydroxyl groups is 1. The van der Waals surface area contributed by atoms with Crippen molar-refractivity contribution in [2.24, 2.45) is 0 Å². The molecule has 3 amide bonds. The first kappa shape index (κ1) is 24.7. The molecule has 1 aliphatic rings. The Labute approximate surface area is 199 Å². The van der Waals surface area contributed by atoms with Gasteiger partial charge in [0, 0.05) is 49.5 Å². The van der Waals surface area contributed by atoms with Gasteiger partial charge in [-0.05, 0) is 67.7 Å². The number of allylic oxidation sites excluding steroid dienone is 1. The van der Waals surface area contributed by atoms with Gasteiger partial charge in [-0.15, -0.1) is 0 Å². The van der Waals surface area contributed by atoms with Crippen LogP contribution in [0.5, 0.6) is 0 Å². The first-order valence-corrected chi connectivity index (χ1v) is 11.0. The monoisotopic (exact) mass is 459 g/mol. The van der Waals surface area contributed by atoms with Crippen molar-refractivity contribution in [1.29, 1.82) is 5.41 Å². The van der Waals surface area contributed by atoms with E-state index in [-0.39, 0.29) is 5.91 Å². The predicted molar refractivity (Wildman–Crippen MR) is 132 cm³/mol. The molecule has 0 radical (unpaired) electrons. The number of nitrogens with zero attached hydrogens (tertiary/aromatic N) is 2. The highest BCUT2D eigenvalue weighted by Crippen LogP contribution is 2.27. The summed E-state index contributed by atoms with van der Waals surface area (Å²) in [4.78, 5) is 31.0. The zero-order chi connectivity index (χ0) is 24.7. The molecule has 0 bridgehead atoms. The molecule has 0 spiro atoms. The topological polar surface area (TPSA) is 118 Å². The van der Waals surface area contributed by atoms with Gasteiger partial charge in [-0.25, -0.2) is 4.79 Å². The van der Waals surface area contributed by atoms with Crippen LogP contribution in [0.25, 0.3) is 0 Å². The van der Waals surface area contributed by atoms with Gasteiger partial charge in [0.1, 0.15) is 11.6 Å². The predicted octanol–water partition coefficient (Wildman–Crippen LogP) is 2.56. The number of anilines is 1. The van der Waals surface area contributed by atoms with E-state index in [0.29, 0.717) is 30.4 Å². The number of amides is 3. The molecule has 2 heterocycles. The molecular formula is C26H29N5O3. The number of likely N-dealkylation sites (N-methyl/N-ethyl adjacent to an activating group) is 1. The first-order chi connectivity index (χ1) is 16.2. The fourth-order valence-electron chi connectivity index (χ4n) is 3.54. The average Bonchev–Trinajstić information content (AvgIpc) is 2.92. The maximum atomic E-state index is 13.1. The van der Waals surface area contributed by atoms with Crippen molar-refractivity contribution in [1.82, 2.24) is 15.6 Å². The second-order valence-electron chi connectivity index (χ2n) is 8.65. The molecule has 0 aliphatic carbocycles. The minimum Gasteiger partial charge on any atom is -0.378 e. The summed E-state index contributed by atoms with van der Waals surface area (Å²) in [6.07, 6.45) is 7.54. The minimum absolute atomic E-state index is 0.227. The molecule has 34 heavy (non-hydrogen) atoms. The van der Waals surface area contributed by atoms with Crippen LogP contribution in [0, 0.1) is 17.3 Å². The number of benzene rings is 1. The Bertz CT molecular complexity index is 1160. The highest BCUT2D eigenvalue weighted by Gasteiger charge is 2.29. The summed E-state index contributed by atoms with van der Waals surface area (Å²) < 4.78 is 0. The van der Waals surface area contributed by atoms with Crippen molar-refractivity contribution in [3.05, 3.63) is 71.2 Å². The largest absolute Gasteiger partial charge is 0.378 e. The van der Waals surface area contributed by atoms with Crippen molar-refractivity contribution in [3.63, 3.8) is 0 Å². The van der Waals surface area contributed by atoms with Crippen LogP contribution in [0.1, 0.15) is 37.0 Å². The van der Waals surface area contributed by atoms with Gasteiger partial charge in [-0.1, -0.05) is 17.9 Å². The Hall–Kier alpha value is -3.96. The molecule has 4 N–H and O–H groups in total. The summed E-state index contributed by atoms with van der Waals surface area (Å²) >= 11 is 0. The number of aryl methyl sites for hydroxylation is 1. The van der Waals surface area contributed by atoms with Gasteiger partial charge < -0.3 is 26.0 Å². The highest BCUT2D eigenvalue weighted by molar-refractivity contribution is 6.00. The van der Waals surface area contributed by atoms with Crippen molar-refractivity contribution >= 4 is 23.8 Å².